The number of benzene rings is 1. The molecule has 3 heteroatoms. The Labute approximate surface area is 90.4 Å². The van der Waals surface area contributed by atoms with E-state index in [0.29, 0.717) is 12.2 Å². The molecule has 0 aromatic heterocycles. The molecule has 0 aliphatic heterocycles. The van der Waals surface area contributed by atoms with Crippen molar-refractivity contribution in [2.24, 2.45) is 0 Å². The molecule has 1 aromatic carbocycles. The summed E-state index contributed by atoms with van der Waals surface area (Å²) in [4.78, 5) is 11.3. The fourth-order valence-electron chi connectivity index (χ4n) is 1.48. The molecule has 0 aliphatic carbocycles. The third kappa shape index (κ3) is 2.72. The Morgan fingerprint density at radius 1 is 1.40 bits per heavy atom. The van der Waals surface area contributed by atoms with Crippen LogP contribution in [0.2, 0.25) is 0 Å². The number of hydrogen-bond acceptors (Lipinski definition) is 2. The quantitative estimate of drug-likeness (QED) is 0.827. The zero-order chi connectivity index (χ0) is 11.4. The molecular formula is C12H17NO2. The average molecular weight is 207 g/mol. The molecule has 0 heterocycles. The Kier molecular flexibility index (Phi) is 3.72. The molecule has 0 aliphatic rings. The monoisotopic (exact) mass is 207 g/mol. The first kappa shape index (κ1) is 11.6. The first-order valence-corrected chi connectivity index (χ1v) is 5.03. The Morgan fingerprint density at radius 2 is 2.07 bits per heavy atom. The highest BCUT2D eigenvalue weighted by Crippen LogP contribution is 2.29. The zero-order valence-electron chi connectivity index (χ0n) is 9.68. The maximum atomic E-state index is 11.3. The molecule has 0 atom stereocenters. The number of rotatable bonds is 3. The van der Waals surface area contributed by atoms with Gasteiger partial charge in [0.05, 0.1) is 12.8 Å². The van der Waals surface area contributed by atoms with E-state index in [9.17, 15) is 4.79 Å². The predicted molar refractivity (Wildman–Crippen MR) is 61.4 cm³/mol. The molecule has 3 nitrogen and oxygen atoms in total. The largest absolute Gasteiger partial charge is 0.495 e. The molecule has 0 radical (unpaired) electrons. The van der Waals surface area contributed by atoms with Crippen molar-refractivity contribution in [3.05, 3.63) is 23.3 Å². The number of ether oxygens (including phenoxy) is 1. The number of carbonyl (C=O) groups is 1. The van der Waals surface area contributed by atoms with Gasteiger partial charge in [-0.3, -0.25) is 4.79 Å². The van der Waals surface area contributed by atoms with Gasteiger partial charge in [-0.1, -0.05) is 13.0 Å². The second kappa shape index (κ2) is 4.82. The Bertz CT molecular complexity index is 372. The van der Waals surface area contributed by atoms with Gasteiger partial charge in [-0.25, -0.2) is 0 Å². The highest BCUT2D eigenvalue weighted by Gasteiger charge is 2.09. The zero-order valence-corrected chi connectivity index (χ0v) is 9.68. The average Bonchev–Trinajstić information content (AvgIpc) is 2.21. The molecule has 1 aromatic rings. The van der Waals surface area contributed by atoms with Crippen molar-refractivity contribution in [2.45, 2.75) is 27.2 Å². The van der Waals surface area contributed by atoms with E-state index in [2.05, 4.69) is 5.32 Å². The summed E-state index contributed by atoms with van der Waals surface area (Å²) in [6.45, 7) is 5.78. The standard InChI is InChI=1S/C12H17NO2/c1-5-11(14)13-12-9(3)6-8(2)7-10(12)15-4/h6-7H,5H2,1-4H3,(H,13,14). The molecular weight excluding hydrogens is 190 g/mol. The number of aryl methyl sites for hydroxylation is 2. The highest BCUT2D eigenvalue weighted by atomic mass is 16.5. The van der Waals surface area contributed by atoms with Crippen molar-refractivity contribution in [1.82, 2.24) is 0 Å². The molecule has 15 heavy (non-hydrogen) atoms. The van der Waals surface area contributed by atoms with Crippen LogP contribution in [0.3, 0.4) is 0 Å². The lowest BCUT2D eigenvalue weighted by Crippen LogP contribution is -2.11. The predicted octanol–water partition coefficient (Wildman–Crippen LogP) is 2.66. The van der Waals surface area contributed by atoms with Crippen LogP contribution in [0.15, 0.2) is 12.1 Å². The minimum Gasteiger partial charge on any atom is -0.495 e. The van der Waals surface area contributed by atoms with Crippen LogP contribution in [0.5, 0.6) is 5.75 Å². The van der Waals surface area contributed by atoms with E-state index in [1.165, 1.54) is 0 Å². The Morgan fingerprint density at radius 3 is 2.60 bits per heavy atom. The number of carbonyl (C=O) groups excluding carboxylic acids is 1. The Hall–Kier alpha value is -1.51. The maximum absolute atomic E-state index is 11.3. The van der Waals surface area contributed by atoms with Crippen LogP contribution in [0.25, 0.3) is 0 Å². The van der Waals surface area contributed by atoms with Crippen LogP contribution in [0, 0.1) is 13.8 Å². The second-order valence-electron chi connectivity index (χ2n) is 3.56. The van der Waals surface area contributed by atoms with Gasteiger partial charge in [0, 0.05) is 6.42 Å². The minimum atomic E-state index is 0.000234. The van der Waals surface area contributed by atoms with E-state index in [1.807, 2.05) is 32.9 Å². The van der Waals surface area contributed by atoms with Crippen LogP contribution in [-0.4, -0.2) is 13.0 Å². The topological polar surface area (TPSA) is 38.3 Å². The molecule has 0 spiro atoms. The number of hydrogen-bond donors (Lipinski definition) is 1. The molecule has 1 rings (SSSR count). The Balaban J connectivity index is 3.09. The van der Waals surface area contributed by atoms with Gasteiger partial charge in [-0.15, -0.1) is 0 Å². The van der Waals surface area contributed by atoms with Crippen molar-refractivity contribution in [2.75, 3.05) is 12.4 Å². The van der Waals surface area contributed by atoms with Gasteiger partial charge in [-0.05, 0) is 31.0 Å². The van der Waals surface area contributed by atoms with E-state index in [4.69, 9.17) is 4.74 Å². The molecule has 1 amide bonds. The third-order valence-electron chi connectivity index (χ3n) is 2.25. The van der Waals surface area contributed by atoms with Crippen LogP contribution < -0.4 is 10.1 Å². The lowest BCUT2D eigenvalue weighted by molar-refractivity contribution is -0.115. The molecule has 82 valence electrons. The summed E-state index contributed by atoms with van der Waals surface area (Å²) in [5, 5.41) is 2.84. The summed E-state index contributed by atoms with van der Waals surface area (Å²) in [5.41, 5.74) is 2.92. The van der Waals surface area contributed by atoms with E-state index in [0.717, 1.165) is 16.8 Å². The number of methoxy groups -OCH3 is 1. The molecule has 0 saturated carbocycles. The maximum Gasteiger partial charge on any atom is 0.224 e. The lowest BCUT2D eigenvalue weighted by atomic mass is 10.1. The van der Waals surface area contributed by atoms with Crippen molar-refractivity contribution < 1.29 is 9.53 Å². The van der Waals surface area contributed by atoms with Gasteiger partial charge in [0.25, 0.3) is 0 Å². The van der Waals surface area contributed by atoms with Crippen LogP contribution >= 0.6 is 0 Å². The molecule has 0 bridgehead atoms. The fourth-order valence-corrected chi connectivity index (χ4v) is 1.48. The molecule has 0 fully saturated rings. The third-order valence-corrected chi connectivity index (χ3v) is 2.25. The van der Waals surface area contributed by atoms with Crippen molar-refractivity contribution in [3.63, 3.8) is 0 Å². The summed E-state index contributed by atoms with van der Waals surface area (Å²) in [5.74, 6) is 0.717. The fraction of sp³-hybridized carbons (Fsp3) is 0.417. The van der Waals surface area contributed by atoms with Crippen molar-refractivity contribution in [1.29, 1.82) is 0 Å². The van der Waals surface area contributed by atoms with Crippen molar-refractivity contribution in [3.8, 4) is 5.75 Å². The van der Waals surface area contributed by atoms with E-state index < -0.39 is 0 Å². The molecule has 0 unspecified atom stereocenters. The van der Waals surface area contributed by atoms with Crippen LogP contribution in [0.1, 0.15) is 24.5 Å². The normalized spacial score (nSPS) is 9.87. The first-order valence-electron chi connectivity index (χ1n) is 5.03. The van der Waals surface area contributed by atoms with Gasteiger partial charge < -0.3 is 10.1 Å². The number of nitrogens with one attached hydrogen (secondary N) is 1. The van der Waals surface area contributed by atoms with Gasteiger partial charge in [0.2, 0.25) is 5.91 Å². The lowest BCUT2D eigenvalue weighted by Gasteiger charge is -2.13. The van der Waals surface area contributed by atoms with E-state index >= 15 is 0 Å². The minimum absolute atomic E-state index is 0.000234. The van der Waals surface area contributed by atoms with Gasteiger partial charge in [-0.2, -0.15) is 0 Å². The second-order valence-corrected chi connectivity index (χ2v) is 3.56. The van der Waals surface area contributed by atoms with Gasteiger partial charge in [0.1, 0.15) is 5.75 Å². The van der Waals surface area contributed by atoms with Crippen LogP contribution in [-0.2, 0) is 4.79 Å². The summed E-state index contributed by atoms with van der Waals surface area (Å²) >= 11 is 0. The summed E-state index contributed by atoms with van der Waals surface area (Å²) in [6, 6.07) is 3.94. The number of anilines is 1. The van der Waals surface area contributed by atoms with E-state index in [-0.39, 0.29) is 5.91 Å². The SMILES string of the molecule is CCC(=O)Nc1c(C)cc(C)cc1OC. The van der Waals surface area contributed by atoms with Gasteiger partial charge in [0.15, 0.2) is 0 Å². The molecule has 0 saturated heterocycles. The van der Waals surface area contributed by atoms with E-state index in [1.54, 1.807) is 7.11 Å². The van der Waals surface area contributed by atoms with Gasteiger partial charge >= 0.3 is 0 Å². The van der Waals surface area contributed by atoms with Crippen LogP contribution in [0.4, 0.5) is 5.69 Å². The van der Waals surface area contributed by atoms with Crippen molar-refractivity contribution >= 4 is 11.6 Å². The smallest absolute Gasteiger partial charge is 0.224 e. The summed E-state index contributed by atoms with van der Waals surface area (Å²) < 4.78 is 5.24. The summed E-state index contributed by atoms with van der Waals surface area (Å²) in [6.07, 6.45) is 0.469. The highest BCUT2D eigenvalue weighted by molar-refractivity contribution is 5.93. The summed E-state index contributed by atoms with van der Waals surface area (Å²) in [7, 11) is 1.61. The number of amides is 1. The molecule has 1 N–H and O–H groups in total. The first-order chi connectivity index (χ1) is 7.08.